The molecule has 0 unspecified atom stereocenters. The van der Waals surface area contributed by atoms with Crippen LogP contribution in [-0.2, 0) is 4.74 Å². The summed E-state index contributed by atoms with van der Waals surface area (Å²) in [5, 5.41) is 0. The first-order chi connectivity index (χ1) is 4.41. The van der Waals surface area contributed by atoms with Crippen molar-refractivity contribution in [3.8, 4) is 0 Å². The highest BCUT2D eigenvalue weighted by atomic mass is 16.5. The largest absolute Gasteiger partial charge is 0.501 e. The van der Waals surface area contributed by atoms with Crippen LogP contribution in [0.5, 0.6) is 0 Å². The van der Waals surface area contributed by atoms with Crippen LogP contribution in [0, 0.1) is 0 Å². The van der Waals surface area contributed by atoms with E-state index in [2.05, 4.69) is 13.8 Å². The molecule has 0 bridgehead atoms. The van der Waals surface area contributed by atoms with E-state index in [1.165, 1.54) is 12.8 Å². The molecule has 1 aliphatic rings. The summed E-state index contributed by atoms with van der Waals surface area (Å²) in [7, 11) is 0. The lowest BCUT2D eigenvalue weighted by atomic mass is 10.4. The summed E-state index contributed by atoms with van der Waals surface area (Å²) in [5.74, 6) is 0. The van der Waals surface area contributed by atoms with Crippen LogP contribution in [0.15, 0.2) is 12.3 Å². The molecule has 0 radical (unpaired) electrons. The SMILES string of the molecule is C1=COCC1.CCCC. The van der Waals surface area contributed by atoms with Crippen molar-refractivity contribution in [3.63, 3.8) is 0 Å². The van der Waals surface area contributed by atoms with Crippen molar-refractivity contribution >= 4 is 0 Å². The van der Waals surface area contributed by atoms with E-state index < -0.39 is 0 Å². The summed E-state index contributed by atoms with van der Waals surface area (Å²) in [5.41, 5.74) is 0. The fraction of sp³-hybridized carbons (Fsp3) is 0.750. The topological polar surface area (TPSA) is 9.23 Å². The van der Waals surface area contributed by atoms with Crippen LogP contribution < -0.4 is 0 Å². The maximum atomic E-state index is 4.76. The van der Waals surface area contributed by atoms with Crippen LogP contribution in [0.4, 0.5) is 0 Å². The van der Waals surface area contributed by atoms with Gasteiger partial charge in [-0.05, 0) is 6.08 Å². The van der Waals surface area contributed by atoms with Gasteiger partial charge in [-0.3, -0.25) is 0 Å². The van der Waals surface area contributed by atoms with Crippen LogP contribution in [0.3, 0.4) is 0 Å². The molecule has 0 spiro atoms. The Kier molecular flexibility index (Phi) is 7.15. The van der Waals surface area contributed by atoms with Crippen LogP contribution in [0.1, 0.15) is 33.1 Å². The number of ether oxygens (including phenoxy) is 1. The second-order valence-corrected chi connectivity index (χ2v) is 2.03. The number of unbranched alkanes of at least 4 members (excludes halogenated alkanes) is 1. The normalized spacial score (nSPS) is 14.0. The third-order valence-corrected chi connectivity index (χ3v) is 1.09. The Morgan fingerprint density at radius 1 is 1.33 bits per heavy atom. The highest BCUT2D eigenvalue weighted by molar-refractivity contribution is 4.78. The Hall–Kier alpha value is -0.460. The van der Waals surface area contributed by atoms with Crippen molar-refractivity contribution in [1.82, 2.24) is 0 Å². The fourth-order valence-corrected chi connectivity index (χ4v) is 0.340. The molecule has 0 aliphatic carbocycles. The molecule has 0 atom stereocenters. The third-order valence-electron chi connectivity index (χ3n) is 1.09. The number of hydrogen-bond donors (Lipinski definition) is 0. The van der Waals surface area contributed by atoms with E-state index in [-0.39, 0.29) is 0 Å². The molecule has 1 aliphatic heterocycles. The Morgan fingerprint density at radius 3 is 2.11 bits per heavy atom. The minimum absolute atomic E-state index is 0.889. The average molecular weight is 128 g/mol. The smallest absolute Gasteiger partial charge is 0.0908 e. The lowest BCUT2D eigenvalue weighted by Gasteiger charge is -1.79. The molecule has 0 aromatic carbocycles. The van der Waals surface area contributed by atoms with Gasteiger partial charge in [0.2, 0.25) is 0 Å². The van der Waals surface area contributed by atoms with Gasteiger partial charge in [-0.25, -0.2) is 0 Å². The van der Waals surface area contributed by atoms with Gasteiger partial charge in [0.25, 0.3) is 0 Å². The molecular formula is C8H16O. The van der Waals surface area contributed by atoms with Crippen molar-refractivity contribution in [2.75, 3.05) is 6.61 Å². The van der Waals surface area contributed by atoms with Gasteiger partial charge in [0, 0.05) is 6.42 Å². The summed E-state index contributed by atoms with van der Waals surface area (Å²) in [6.07, 6.45) is 7.49. The van der Waals surface area contributed by atoms with Crippen molar-refractivity contribution in [3.05, 3.63) is 12.3 Å². The summed E-state index contributed by atoms with van der Waals surface area (Å²) >= 11 is 0. The quantitative estimate of drug-likeness (QED) is 0.527. The van der Waals surface area contributed by atoms with Crippen LogP contribution in [-0.4, -0.2) is 6.61 Å². The average Bonchev–Trinajstić information content (AvgIpc) is 2.43. The van der Waals surface area contributed by atoms with Crippen molar-refractivity contribution < 1.29 is 4.74 Å². The molecule has 0 N–H and O–H groups in total. The van der Waals surface area contributed by atoms with E-state index in [0.29, 0.717) is 0 Å². The third kappa shape index (κ3) is 7.54. The van der Waals surface area contributed by atoms with Gasteiger partial charge in [0.1, 0.15) is 0 Å². The lowest BCUT2D eigenvalue weighted by molar-refractivity contribution is 0.281. The molecule has 0 amide bonds. The first-order valence-electron chi connectivity index (χ1n) is 3.68. The number of hydrogen-bond acceptors (Lipinski definition) is 1. The van der Waals surface area contributed by atoms with E-state index in [4.69, 9.17) is 4.74 Å². The minimum Gasteiger partial charge on any atom is -0.501 e. The van der Waals surface area contributed by atoms with Crippen molar-refractivity contribution in [1.29, 1.82) is 0 Å². The Labute approximate surface area is 57.7 Å². The molecule has 0 saturated carbocycles. The minimum atomic E-state index is 0.889. The van der Waals surface area contributed by atoms with Crippen molar-refractivity contribution in [2.24, 2.45) is 0 Å². The van der Waals surface area contributed by atoms with Crippen LogP contribution in [0.2, 0.25) is 0 Å². The Morgan fingerprint density at radius 2 is 2.00 bits per heavy atom. The zero-order chi connectivity index (χ0) is 6.95. The molecule has 0 saturated heterocycles. The summed E-state index contributed by atoms with van der Waals surface area (Å²) in [4.78, 5) is 0. The van der Waals surface area contributed by atoms with Gasteiger partial charge in [-0.15, -0.1) is 0 Å². The van der Waals surface area contributed by atoms with Gasteiger partial charge in [-0.2, -0.15) is 0 Å². The second kappa shape index (κ2) is 7.54. The van der Waals surface area contributed by atoms with Crippen LogP contribution >= 0.6 is 0 Å². The molecule has 1 rings (SSSR count). The standard InChI is InChI=1S/C4H6O.C4H10/c1-2-4-5-3-1;1-3-4-2/h1,3H,2,4H2;3-4H2,1-2H3. The zero-order valence-electron chi connectivity index (χ0n) is 6.39. The lowest BCUT2D eigenvalue weighted by Crippen LogP contribution is -1.70. The highest BCUT2D eigenvalue weighted by Gasteiger charge is 1.83. The molecule has 0 aromatic heterocycles. The van der Waals surface area contributed by atoms with Gasteiger partial charge < -0.3 is 4.74 Å². The van der Waals surface area contributed by atoms with Gasteiger partial charge in [-0.1, -0.05) is 26.7 Å². The van der Waals surface area contributed by atoms with Gasteiger partial charge in [0.15, 0.2) is 0 Å². The predicted octanol–water partition coefficient (Wildman–Crippen LogP) is 2.73. The first-order valence-corrected chi connectivity index (χ1v) is 3.68. The molecule has 54 valence electrons. The fourth-order valence-electron chi connectivity index (χ4n) is 0.340. The maximum Gasteiger partial charge on any atom is 0.0908 e. The molecular weight excluding hydrogens is 112 g/mol. The monoisotopic (exact) mass is 128 g/mol. The Balaban J connectivity index is 0.000000148. The van der Waals surface area contributed by atoms with Gasteiger partial charge in [0.05, 0.1) is 12.9 Å². The van der Waals surface area contributed by atoms with E-state index >= 15 is 0 Å². The van der Waals surface area contributed by atoms with E-state index in [0.717, 1.165) is 13.0 Å². The van der Waals surface area contributed by atoms with E-state index in [1.54, 1.807) is 6.26 Å². The molecule has 1 heteroatoms. The van der Waals surface area contributed by atoms with Crippen LogP contribution in [0.25, 0.3) is 0 Å². The maximum absolute atomic E-state index is 4.76. The summed E-state index contributed by atoms with van der Waals surface area (Å²) in [6.45, 7) is 5.25. The Bertz CT molecular complexity index is 59.0. The second-order valence-electron chi connectivity index (χ2n) is 2.03. The molecule has 9 heavy (non-hydrogen) atoms. The highest BCUT2D eigenvalue weighted by Crippen LogP contribution is 1.93. The molecule has 1 heterocycles. The first kappa shape index (κ1) is 8.54. The molecule has 1 nitrogen and oxygen atoms in total. The molecule has 0 aromatic rings. The summed E-state index contributed by atoms with van der Waals surface area (Å²) in [6, 6.07) is 0. The number of rotatable bonds is 1. The predicted molar refractivity (Wildman–Crippen MR) is 40.3 cm³/mol. The van der Waals surface area contributed by atoms with Crippen molar-refractivity contribution in [2.45, 2.75) is 33.1 Å². The molecule has 0 fully saturated rings. The van der Waals surface area contributed by atoms with Gasteiger partial charge >= 0.3 is 0 Å². The van der Waals surface area contributed by atoms with E-state index in [1.807, 2.05) is 6.08 Å². The zero-order valence-corrected chi connectivity index (χ0v) is 6.39. The summed E-state index contributed by atoms with van der Waals surface area (Å²) < 4.78 is 4.76. The van der Waals surface area contributed by atoms with E-state index in [9.17, 15) is 0 Å².